The van der Waals surface area contributed by atoms with E-state index in [0.717, 1.165) is 22.6 Å². The van der Waals surface area contributed by atoms with Gasteiger partial charge >= 0.3 is 0 Å². The van der Waals surface area contributed by atoms with Crippen LogP contribution in [0.15, 0.2) is 90.1 Å². The van der Waals surface area contributed by atoms with Gasteiger partial charge in [-0.2, -0.15) is 0 Å². The number of hydrogen-bond donors (Lipinski definition) is 2. The van der Waals surface area contributed by atoms with E-state index in [0.29, 0.717) is 40.7 Å². The number of aldehydes is 1. The van der Waals surface area contributed by atoms with Gasteiger partial charge in [0.15, 0.2) is 17.8 Å². The highest BCUT2D eigenvalue weighted by molar-refractivity contribution is 5.94. The summed E-state index contributed by atoms with van der Waals surface area (Å²) in [5.41, 5.74) is 13.9. The molecule has 0 unspecified atom stereocenters. The predicted octanol–water partition coefficient (Wildman–Crippen LogP) is 4.50. The number of rotatable bonds is 6. The van der Waals surface area contributed by atoms with Gasteiger partial charge in [-0.15, -0.1) is 5.10 Å². The van der Waals surface area contributed by atoms with Crippen molar-refractivity contribution in [3.05, 3.63) is 107 Å². The van der Waals surface area contributed by atoms with Crippen LogP contribution in [0.5, 0.6) is 5.88 Å². The third kappa shape index (κ3) is 6.57. The van der Waals surface area contributed by atoms with Gasteiger partial charge in [-0.3, -0.25) is 14.2 Å². The van der Waals surface area contributed by atoms with E-state index in [1.807, 2.05) is 81.4 Å². The molecule has 0 amide bonds. The molecule has 220 valence electrons. The highest BCUT2D eigenvalue weighted by atomic mass is 16.5. The summed E-state index contributed by atoms with van der Waals surface area (Å²) in [7, 11) is 1.50. The van der Waals surface area contributed by atoms with E-state index in [1.54, 1.807) is 29.2 Å². The molecule has 0 radical (unpaired) electrons. The van der Waals surface area contributed by atoms with E-state index in [2.05, 4.69) is 20.8 Å². The number of fused-ring (bicyclic) bond motifs is 2. The number of pyridine rings is 1. The summed E-state index contributed by atoms with van der Waals surface area (Å²) in [4.78, 5) is 37.2. The molecule has 4 aromatic heterocycles. The number of anilines is 1. The Hall–Kier alpha value is -5.42. The Labute approximate surface area is 248 Å². The number of carbonyl (C=O) groups excluding carboxylic acids is 1. The molecular weight excluding hydrogens is 544 g/mol. The molecule has 0 saturated heterocycles. The number of carbonyl (C=O) groups is 1. The summed E-state index contributed by atoms with van der Waals surface area (Å²) in [5, 5.41) is 4.48. The summed E-state index contributed by atoms with van der Waals surface area (Å²) in [6, 6.07) is 20.9. The Kier molecular flexibility index (Phi) is 9.92. The molecule has 0 fully saturated rings. The van der Waals surface area contributed by atoms with Crippen LogP contribution < -0.4 is 21.8 Å². The molecule has 4 heterocycles. The predicted molar refractivity (Wildman–Crippen MR) is 169 cm³/mol. The topological polar surface area (TPSA) is 156 Å². The lowest BCUT2D eigenvalue weighted by Crippen LogP contribution is -2.24. The van der Waals surface area contributed by atoms with Gasteiger partial charge in [-0.25, -0.2) is 19.5 Å². The first-order valence-corrected chi connectivity index (χ1v) is 13.8. The summed E-state index contributed by atoms with van der Waals surface area (Å²) in [5.74, 6) is 1.49. The molecule has 0 aliphatic carbocycles. The zero-order chi connectivity index (χ0) is 30.9. The first-order chi connectivity index (χ1) is 20.9. The highest BCUT2D eigenvalue weighted by Gasteiger charge is 2.16. The van der Waals surface area contributed by atoms with Crippen molar-refractivity contribution in [1.29, 1.82) is 0 Å². The number of para-hydroxylation sites is 1. The third-order valence-electron chi connectivity index (χ3n) is 6.28. The minimum atomic E-state index is -0.0724. The summed E-state index contributed by atoms with van der Waals surface area (Å²) >= 11 is 0. The first-order valence-electron chi connectivity index (χ1n) is 13.8. The van der Waals surface area contributed by atoms with E-state index >= 15 is 0 Å². The fourth-order valence-electron chi connectivity index (χ4n) is 4.51. The second kappa shape index (κ2) is 14.0. The van der Waals surface area contributed by atoms with Crippen LogP contribution in [0.3, 0.4) is 0 Å². The van der Waals surface area contributed by atoms with Crippen molar-refractivity contribution in [2.75, 3.05) is 12.8 Å². The van der Waals surface area contributed by atoms with E-state index in [9.17, 15) is 9.59 Å². The number of nitrogens with zero attached hydrogens (tertiary/aromatic N) is 6. The van der Waals surface area contributed by atoms with Crippen molar-refractivity contribution < 1.29 is 9.53 Å². The van der Waals surface area contributed by atoms with Crippen molar-refractivity contribution in [1.82, 2.24) is 29.1 Å². The quantitative estimate of drug-likeness (QED) is 0.272. The average Bonchev–Trinajstić information content (AvgIpc) is 3.36. The second-order valence-corrected chi connectivity index (χ2v) is 9.41. The number of aromatic nitrogens is 6. The van der Waals surface area contributed by atoms with E-state index < -0.39 is 0 Å². The fourth-order valence-corrected chi connectivity index (χ4v) is 4.51. The van der Waals surface area contributed by atoms with Crippen LogP contribution in [-0.2, 0) is 6.42 Å². The van der Waals surface area contributed by atoms with Crippen LogP contribution in [0.1, 0.15) is 37.0 Å². The SMILES string of the molecule is CCc1nc2cccc(-c3ccnc(OC(C)C)c3)c2c(=O)n1-c1ccccc1.CN.Nc1nn2cccnc2c1C=O. The molecule has 0 aliphatic rings. The van der Waals surface area contributed by atoms with Crippen molar-refractivity contribution in [2.24, 2.45) is 5.73 Å². The number of nitrogens with two attached hydrogens (primary N) is 2. The molecule has 6 aromatic rings. The molecule has 4 N–H and O–H groups in total. The van der Waals surface area contributed by atoms with Gasteiger partial charge in [0.2, 0.25) is 5.88 Å². The molecule has 11 nitrogen and oxygen atoms in total. The summed E-state index contributed by atoms with van der Waals surface area (Å²) in [6.07, 6.45) is 6.32. The monoisotopic (exact) mass is 578 g/mol. The van der Waals surface area contributed by atoms with Crippen LogP contribution in [0.2, 0.25) is 0 Å². The van der Waals surface area contributed by atoms with Crippen molar-refractivity contribution in [2.45, 2.75) is 33.3 Å². The molecule has 0 saturated carbocycles. The van der Waals surface area contributed by atoms with Crippen LogP contribution in [0.25, 0.3) is 33.4 Å². The van der Waals surface area contributed by atoms with Gasteiger partial charge in [0.05, 0.1) is 22.7 Å². The lowest BCUT2D eigenvalue weighted by Gasteiger charge is -2.15. The normalized spacial score (nSPS) is 10.6. The van der Waals surface area contributed by atoms with Crippen LogP contribution >= 0.6 is 0 Å². The number of nitrogen functional groups attached to an aromatic ring is 1. The number of hydrogen-bond acceptors (Lipinski definition) is 9. The van der Waals surface area contributed by atoms with Gasteiger partial charge in [0.25, 0.3) is 5.56 Å². The van der Waals surface area contributed by atoms with Crippen molar-refractivity contribution >= 4 is 28.7 Å². The number of benzene rings is 2. The molecule has 2 aromatic carbocycles. The van der Waals surface area contributed by atoms with Gasteiger partial charge in [-0.1, -0.05) is 37.3 Å². The van der Waals surface area contributed by atoms with E-state index in [1.165, 1.54) is 11.6 Å². The Morgan fingerprint density at radius 2 is 1.74 bits per heavy atom. The molecule has 6 rings (SSSR count). The zero-order valence-corrected chi connectivity index (χ0v) is 24.5. The largest absolute Gasteiger partial charge is 0.475 e. The van der Waals surface area contributed by atoms with Gasteiger partial charge in [0, 0.05) is 31.1 Å². The maximum absolute atomic E-state index is 13.6. The molecule has 0 aliphatic heterocycles. The van der Waals surface area contributed by atoms with Crippen molar-refractivity contribution in [3.63, 3.8) is 0 Å². The van der Waals surface area contributed by atoms with Gasteiger partial charge < -0.3 is 16.2 Å². The molecule has 0 spiro atoms. The number of aryl methyl sites for hydroxylation is 1. The Bertz CT molecular complexity index is 1900. The molecule has 0 atom stereocenters. The average molecular weight is 579 g/mol. The van der Waals surface area contributed by atoms with E-state index in [-0.39, 0.29) is 17.5 Å². The van der Waals surface area contributed by atoms with E-state index in [4.69, 9.17) is 15.5 Å². The molecule has 11 heteroatoms. The van der Waals surface area contributed by atoms with Gasteiger partial charge in [0.1, 0.15) is 11.4 Å². The summed E-state index contributed by atoms with van der Waals surface area (Å²) in [6.45, 7) is 5.93. The smallest absolute Gasteiger partial charge is 0.266 e. The Morgan fingerprint density at radius 1 is 0.977 bits per heavy atom. The fraction of sp³-hybridized carbons (Fsp3) is 0.188. The minimum Gasteiger partial charge on any atom is -0.475 e. The summed E-state index contributed by atoms with van der Waals surface area (Å²) < 4.78 is 8.92. The van der Waals surface area contributed by atoms with Crippen LogP contribution in [0.4, 0.5) is 5.82 Å². The standard InChI is InChI=1S/C24H23N3O2.C7H6N4O.CH5N/c1-4-21-26-20-12-8-11-19(17-13-14-25-22(15-17)29-16(2)3)23(20)24(28)27(21)18-9-6-5-7-10-18;8-6-5(4-12)7-9-2-1-3-11(7)10-6;1-2/h5-16H,4H2,1-3H3;1-4H,(H2,8,10);2H2,1H3. The Morgan fingerprint density at radius 3 is 2.44 bits per heavy atom. The minimum absolute atomic E-state index is 0.0226. The maximum Gasteiger partial charge on any atom is 0.266 e. The number of ether oxygens (including phenoxy) is 1. The van der Waals surface area contributed by atoms with Crippen LogP contribution in [-0.4, -0.2) is 48.6 Å². The molecule has 0 bridgehead atoms. The molecule has 43 heavy (non-hydrogen) atoms. The highest BCUT2D eigenvalue weighted by Crippen LogP contribution is 2.28. The lowest BCUT2D eigenvalue weighted by molar-refractivity contribution is 0.112. The first kappa shape index (κ1) is 30.5. The molecular formula is C32H34N8O3. The second-order valence-electron chi connectivity index (χ2n) is 9.41. The van der Waals surface area contributed by atoms with Crippen LogP contribution in [0, 0.1) is 0 Å². The lowest BCUT2D eigenvalue weighted by atomic mass is 10.0. The van der Waals surface area contributed by atoms with Gasteiger partial charge in [-0.05, 0) is 62.4 Å². The maximum atomic E-state index is 13.6. The van der Waals surface area contributed by atoms with Crippen molar-refractivity contribution in [3.8, 4) is 22.7 Å². The zero-order valence-electron chi connectivity index (χ0n) is 24.5. The third-order valence-corrected chi connectivity index (χ3v) is 6.28. The Balaban J connectivity index is 0.000000251.